The van der Waals surface area contributed by atoms with Gasteiger partial charge in [-0.3, -0.25) is 13.9 Å². The van der Waals surface area contributed by atoms with Crippen LogP contribution < -0.4 is 16.0 Å². The Bertz CT molecular complexity index is 1970. The maximum Gasteiger partial charge on any atom is 0.255 e. The summed E-state index contributed by atoms with van der Waals surface area (Å²) in [6.45, 7) is 4.01. The number of pyridine rings is 1. The van der Waals surface area contributed by atoms with Crippen molar-refractivity contribution in [2.24, 2.45) is 0 Å². The van der Waals surface area contributed by atoms with E-state index < -0.39 is 5.41 Å². The number of rotatable bonds is 6. The number of nitrogens with one attached hydrogen (secondary N) is 3. The van der Waals surface area contributed by atoms with Crippen LogP contribution in [-0.4, -0.2) is 38.2 Å². The average molecular weight is 581 g/mol. The Morgan fingerprint density at radius 1 is 1.05 bits per heavy atom. The van der Waals surface area contributed by atoms with Crippen LogP contribution in [0.3, 0.4) is 0 Å². The molecule has 3 aromatic heterocycles. The molecule has 9 heteroatoms. The molecule has 1 saturated carbocycles. The highest BCUT2D eigenvalue weighted by Crippen LogP contribution is 2.48. The van der Waals surface area contributed by atoms with Gasteiger partial charge in [-0.1, -0.05) is 24.1 Å². The third kappa shape index (κ3) is 5.42. The van der Waals surface area contributed by atoms with Crippen LogP contribution >= 0.6 is 0 Å². The summed E-state index contributed by atoms with van der Waals surface area (Å²) in [4.78, 5) is 17.8. The van der Waals surface area contributed by atoms with Gasteiger partial charge in [0.2, 0.25) is 0 Å². The minimum atomic E-state index is -0.405. The molecule has 0 spiro atoms. The molecule has 1 amide bonds. The molecule has 9 nitrogen and oxygen atoms in total. The van der Waals surface area contributed by atoms with Gasteiger partial charge in [0.15, 0.2) is 5.65 Å². The molecule has 0 bridgehead atoms. The fourth-order valence-electron chi connectivity index (χ4n) is 5.75. The average Bonchev–Trinajstić information content (AvgIpc) is 3.53. The fraction of sp³-hybridized carbons (Fsp3) is 0.257. The molecule has 1 aliphatic heterocycles. The molecule has 7 rings (SSSR count). The highest BCUT2D eigenvalue weighted by atomic mass is 16.1. The molecule has 44 heavy (non-hydrogen) atoms. The molecule has 0 unspecified atom stereocenters. The van der Waals surface area contributed by atoms with Crippen molar-refractivity contribution in [2.45, 2.75) is 44.1 Å². The van der Waals surface area contributed by atoms with Crippen LogP contribution in [0, 0.1) is 30.1 Å². The summed E-state index contributed by atoms with van der Waals surface area (Å²) in [5.41, 5.74) is 6.77. The fourth-order valence-corrected chi connectivity index (χ4v) is 5.75. The third-order valence-electron chi connectivity index (χ3n) is 8.56. The lowest BCUT2D eigenvalue weighted by atomic mass is 9.97. The second-order valence-electron chi connectivity index (χ2n) is 11.6. The van der Waals surface area contributed by atoms with E-state index in [9.17, 15) is 10.1 Å². The Labute approximate surface area is 255 Å². The van der Waals surface area contributed by atoms with Crippen LogP contribution in [0.1, 0.15) is 64.5 Å². The van der Waals surface area contributed by atoms with Crippen LogP contribution in [0.2, 0.25) is 0 Å². The highest BCUT2D eigenvalue weighted by Gasteiger charge is 2.44. The Morgan fingerprint density at radius 3 is 2.73 bits per heavy atom. The summed E-state index contributed by atoms with van der Waals surface area (Å²) in [6, 6.07) is 19.9. The first kappa shape index (κ1) is 27.5. The lowest BCUT2D eigenvalue weighted by molar-refractivity contribution is 0.102. The van der Waals surface area contributed by atoms with Crippen LogP contribution in [0.5, 0.6) is 0 Å². The van der Waals surface area contributed by atoms with E-state index in [4.69, 9.17) is 0 Å². The van der Waals surface area contributed by atoms with E-state index in [-0.39, 0.29) is 5.91 Å². The Kier molecular flexibility index (Phi) is 7.09. The van der Waals surface area contributed by atoms with Crippen molar-refractivity contribution in [2.75, 3.05) is 23.7 Å². The van der Waals surface area contributed by atoms with Crippen LogP contribution in [0.4, 0.5) is 17.1 Å². The van der Waals surface area contributed by atoms with E-state index in [1.807, 2.05) is 72.2 Å². The molecule has 1 saturated heterocycles. The number of imidazole rings is 1. The molecule has 2 aromatic carbocycles. The summed E-state index contributed by atoms with van der Waals surface area (Å²) in [5, 5.41) is 24.0. The van der Waals surface area contributed by atoms with Crippen LogP contribution in [0.25, 0.3) is 5.65 Å². The number of aryl methyl sites for hydroxylation is 1. The number of carbonyl (C=O) groups excluding carboxylic acids is 1. The number of hydrogen-bond donors (Lipinski definition) is 3. The number of carbonyl (C=O) groups is 1. The van der Waals surface area contributed by atoms with Gasteiger partial charge in [-0.15, -0.1) is 0 Å². The van der Waals surface area contributed by atoms with Crippen LogP contribution in [0.15, 0.2) is 79.4 Å². The molecular formula is C35H32N8O. The maximum atomic E-state index is 13.2. The van der Waals surface area contributed by atoms with Crippen molar-refractivity contribution in [3.8, 4) is 17.9 Å². The number of nitrogens with zero attached hydrogens (tertiary/aromatic N) is 5. The lowest BCUT2D eigenvalue weighted by Crippen LogP contribution is -2.29. The SMILES string of the molecule is Cc1ccc(C(=O)Nc2cccc(C3(C#N)CC3)c2)cc1C#Cc1cnc2c(Nc3cnn(C4CCNCC4)c3)cccn12. The molecule has 4 heterocycles. The predicted molar refractivity (Wildman–Crippen MR) is 170 cm³/mol. The van der Waals surface area contributed by atoms with Gasteiger partial charge in [-0.25, -0.2) is 4.98 Å². The largest absolute Gasteiger partial charge is 0.350 e. The molecule has 218 valence electrons. The van der Waals surface area contributed by atoms with E-state index in [1.54, 1.807) is 12.3 Å². The Balaban J connectivity index is 1.09. The first-order valence-electron chi connectivity index (χ1n) is 15.0. The zero-order chi connectivity index (χ0) is 30.1. The molecular weight excluding hydrogens is 548 g/mol. The number of hydrogen-bond acceptors (Lipinski definition) is 6. The van der Waals surface area contributed by atoms with Gasteiger partial charge in [0.1, 0.15) is 5.69 Å². The van der Waals surface area contributed by atoms with Crippen LogP contribution in [-0.2, 0) is 5.41 Å². The summed E-state index contributed by atoms with van der Waals surface area (Å²) < 4.78 is 4.01. The smallest absolute Gasteiger partial charge is 0.255 e. The van der Waals surface area contributed by atoms with Crippen molar-refractivity contribution < 1.29 is 4.79 Å². The molecule has 0 radical (unpaired) electrons. The van der Waals surface area contributed by atoms with Crippen molar-refractivity contribution in [3.63, 3.8) is 0 Å². The minimum Gasteiger partial charge on any atom is -0.350 e. The summed E-state index contributed by atoms with van der Waals surface area (Å²) in [7, 11) is 0. The van der Waals surface area contributed by atoms with E-state index >= 15 is 0 Å². The Morgan fingerprint density at radius 2 is 1.91 bits per heavy atom. The van der Waals surface area contributed by atoms with Crippen molar-refractivity contribution >= 4 is 28.6 Å². The second-order valence-corrected chi connectivity index (χ2v) is 11.6. The number of piperidine rings is 1. The molecule has 3 N–H and O–H groups in total. The van der Waals surface area contributed by atoms with E-state index in [0.717, 1.165) is 78.2 Å². The summed E-state index contributed by atoms with van der Waals surface area (Å²) >= 11 is 0. The number of nitriles is 1. The van der Waals surface area contributed by atoms with Gasteiger partial charge in [0.05, 0.1) is 41.3 Å². The second kappa shape index (κ2) is 11.4. The van der Waals surface area contributed by atoms with Gasteiger partial charge < -0.3 is 16.0 Å². The van der Waals surface area contributed by atoms with Gasteiger partial charge in [-0.2, -0.15) is 10.4 Å². The molecule has 2 aliphatic rings. The highest BCUT2D eigenvalue weighted by molar-refractivity contribution is 6.04. The van der Waals surface area contributed by atoms with Gasteiger partial charge in [0, 0.05) is 29.2 Å². The number of benzene rings is 2. The monoisotopic (exact) mass is 580 g/mol. The summed E-state index contributed by atoms with van der Waals surface area (Å²) in [5.74, 6) is 6.29. The number of amides is 1. The summed E-state index contributed by atoms with van der Waals surface area (Å²) in [6.07, 6.45) is 11.5. The van der Waals surface area contributed by atoms with E-state index in [1.165, 1.54) is 0 Å². The zero-order valence-electron chi connectivity index (χ0n) is 24.5. The molecule has 1 aliphatic carbocycles. The van der Waals surface area contributed by atoms with Gasteiger partial charge in [0.25, 0.3) is 5.91 Å². The lowest BCUT2D eigenvalue weighted by Gasteiger charge is -2.22. The van der Waals surface area contributed by atoms with Crippen molar-refractivity contribution in [1.82, 2.24) is 24.5 Å². The third-order valence-corrected chi connectivity index (χ3v) is 8.56. The first-order valence-corrected chi connectivity index (χ1v) is 15.0. The predicted octanol–water partition coefficient (Wildman–Crippen LogP) is 5.71. The number of aromatic nitrogens is 4. The number of anilines is 3. The molecule has 2 fully saturated rings. The molecule has 5 aromatic rings. The Hall–Kier alpha value is -5.38. The first-order chi connectivity index (χ1) is 21.5. The van der Waals surface area contributed by atoms with Gasteiger partial charge >= 0.3 is 0 Å². The molecule has 0 atom stereocenters. The topological polar surface area (TPSA) is 112 Å². The minimum absolute atomic E-state index is 0.221. The number of fused-ring (bicyclic) bond motifs is 1. The van der Waals surface area contributed by atoms with E-state index in [2.05, 4.69) is 54.8 Å². The standard InChI is InChI=1S/C35H32N8O/c1-24-7-8-26(34(44)41-28-5-2-4-27(19-28)35(23-36)13-14-35)18-25(24)9-10-31-21-38-33-32(6-3-17-42(31)33)40-29-20-39-43(22-29)30-11-15-37-16-12-30/h2-8,17-22,30,37,40H,11-16H2,1H3,(H,41,44). The van der Waals surface area contributed by atoms with Crippen molar-refractivity contribution in [3.05, 3.63) is 107 Å². The van der Waals surface area contributed by atoms with Gasteiger partial charge in [-0.05, 0) is 99.1 Å². The quantitative estimate of drug-likeness (QED) is 0.222. The van der Waals surface area contributed by atoms with E-state index in [0.29, 0.717) is 17.3 Å². The maximum absolute atomic E-state index is 13.2. The normalized spacial score (nSPS) is 15.6. The zero-order valence-corrected chi connectivity index (χ0v) is 24.5. The van der Waals surface area contributed by atoms with Crippen molar-refractivity contribution in [1.29, 1.82) is 5.26 Å².